The third-order valence-corrected chi connectivity index (χ3v) is 3.48. The molecule has 1 N–H and O–H groups in total. The maximum absolute atomic E-state index is 11.8. The van der Waals surface area contributed by atoms with Gasteiger partial charge in [-0.05, 0) is 18.1 Å². The van der Waals surface area contributed by atoms with E-state index in [0.29, 0.717) is 10.8 Å². The van der Waals surface area contributed by atoms with E-state index in [2.05, 4.69) is 17.3 Å². The molecule has 0 saturated heterocycles. The standard InChI is InChI=1S/C14H18ClN3O/c1-5-9-6-7-10(15)11-12(9)18(4)17-13(11)16-14(19)8(2)3/h6-8H,5H2,1-4H3,(H,16,17,19). The number of rotatable bonds is 3. The number of aromatic nitrogens is 2. The van der Waals surface area contributed by atoms with Gasteiger partial charge in [-0.25, -0.2) is 0 Å². The van der Waals surface area contributed by atoms with Crippen molar-refractivity contribution in [2.45, 2.75) is 27.2 Å². The molecule has 2 rings (SSSR count). The van der Waals surface area contributed by atoms with Crippen LogP contribution in [0, 0.1) is 5.92 Å². The van der Waals surface area contributed by atoms with Gasteiger partial charge in [0.25, 0.3) is 0 Å². The molecule has 4 nitrogen and oxygen atoms in total. The third kappa shape index (κ3) is 2.45. The number of aryl methyl sites for hydroxylation is 2. The second-order valence-corrected chi connectivity index (χ2v) is 5.31. The fraction of sp³-hybridized carbons (Fsp3) is 0.429. The molecule has 2 aromatic rings. The zero-order chi connectivity index (χ0) is 14.2. The summed E-state index contributed by atoms with van der Waals surface area (Å²) in [6.45, 7) is 5.78. The molecule has 0 radical (unpaired) electrons. The smallest absolute Gasteiger partial charge is 0.228 e. The van der Waals surface area contributed by atoms with E-state index in [1.54, 1.807) is 4.68 Å². The van der Waals surface area contributed by atoms with Gasteiger partial charge in [-0.2, -0.15) is 5.10 Å². The number of hydrogen-bond donors (Lipinski definition) is 1. The maximum atomic E-state index is 11.8. The number of benzene rings is 1. The van der Waals surface area contributed by atoms with Crippen LogP contribution in [0.4, 0.5) is 5.82 Å². The van der Waals surface area contributed by atoms with Crippen LogP contribution < -0.4 is 5.32 Å². The first-order valence-electron chi connectivity index (χ1n) is 6.40. The van der Waals surface area contributed by atoms with E-state index in [1.807, 2.05) is 33.0 Å². The Morgan fingerprint density at radius 2 is 2.16 bits per heavy atom. The number of carbonyl (C=O) groups excluding carboxylic acids is 1. The number of nitrogens with zero attached hydrogens (tertiary/aromatic N) is 2. The number of anilines is 1. The summed E-state index contributed by atoms with van der Waals surface area (Å²) in [5.41, 5.74) is 2.15. The summed E-state index contributed by atoms with van der Waals surface area (Å²) < 4.78 is 1.77. The molecular weight excluding hydrogens is 262 g/mol. The first-order chi connectivity index (χ1) is 8.95. The van der Waals surface area contributed by atoms with Crippen molar-refractivity contribution < 1.29 is 4.79 Å². The molecule has 0 spiro atoms. The minimum atomic E-state index is -0.0924. The van der Waals surface area contributed by atoms with E-state index < -0.39 is 0 Å². The lowest BCUT2D eigenvalue weighted by Crippen LogP contribution is -2.18. The highest BCUT2D eigenvalue weighted by Crippen LogP contribution is 2.32. The van der Waals surface area contributed by atoms with Crippen LogP contribution in [0.2, 0.25) is 5.02 Å². The molecule has 102 valence electrons. The Bertz CT molecular complexity index is 631. The average Bonchev–Trinajstić information content (AvgIpc) is 2.68. The quantitative estimate of drug-likeness (QED) is 0.936. The van der Waals surface area contributed by atoms with Gasteiger partial charge >= 0.3 is 0 Å². The molecule has 1 amide bonds. The number of fused-ring (bicyclic) bond motifs is 1. The third-order valence-electron chi connectivity index (χ3n) is 3.17. The topological polar surface area (TPSA) is 46.9 Å². The lowest BCUT2D eigenvalue weighted by Gasteiger charge is -2.06. The molecule has 0 atom stereocenters. The van der Waals surface area contributed by atoms with Crippen LogP contribution >= 0.6 is 11.6 Å². The lowest BCUT2D eigenvalue weighted by atomic mass is 10.1. The van der Waals surface area contributed by atoms with Crippen molar-refractivity contribution in [1.82, 2.24) is 9.78 Å². The summed E-state index contributed by atoms with van der Waals surface area (Å²) in [7, 11) is 1.86. The highest BCUT2D eigenvalue weighted by molar-refractivity contribution is 6.36. The molecule has 1 aromatic carbocycles. The Hall–Kier alpha value is -1.55. The van der Waals surface area contributed by atoms with Crippen molar-refractivity contribution in [3.63, 3.8) is 0 Å². The molecule has 0 fully saturated rings. The second-order valence-electron chi connectivity index (χ2n) is 4.90. The number of hydrogen-bond acceptors (Lipinski definition) is 2. The van der Waals surface area contributed by atoms with E-state index in [1.165, 1.54) is 5.56 Å². The molecule has 0 bridgehead atoms. The monoisotopic (exact) mass is 279 g/mol. The molecule has 0 aliphatic rings. The van der Waals surface area contributed by atoms with E-state index in [0.717, 1.165) is 17.3 Å². The molecule has 5 heteroatoms. The minimum absolute atomic E-state index is 0.0574. The molecule has 0 unspecified atom stereocenters. The van der Waals surface area contributed by atoms with E-state index in [9.17, 15) is 4.79 Å². The molecule has 0 aliphatic heterocycles. The predicted molar refractivity (Wildman–Crippen MR) is 78.6 cm³/mol. The van der Waals surface area contributed by atoms with E-state index in [-0.39, 0.29) is 11.8 Å². The number of nitrogens with one attached hydrogen (secondary N) is 1. The lowest BCUT2D eigenvalue weighted by molar-refractivity contribution is -0.118. The number of carbonyl (C=O) groups is 1. The molecule has 19 heavy (non-hydrogen) atoms. The van der Waals surface area contributed by atoms with Crippen LogP contribution in [0.3, 0.4) is 0 Å². The average molecular weight is 280 g/mol. The first kappa shape index (κ1) is 13.9. The Labute approximate surface area is 117 Å². The highest BCUT2D eigenvalue weighted by atomic mass is 35.5. The van der Waals surface area contributed by atoms with Gasteiger partial charge in [0.05, 0.1) is 15.9 Å². The molecule has 0 saturated carbocycles. The van der Waals surface area contributed by atoms with Crippen molar-refractivity contribution >= 4 is 34.2 Å². The number of amides is 1. The fourth-order valence-corrected chi connectivity index (χ4v) is 2.33. The normalized spacial score (nSPS) is 11.3. The van der Waals surface area contributed by atoms with Crippen LogP contribution in [0.5, 0.6) is 0 Å². The molecular formula is C14H18ClN3O. The molecule has 0 aliphatic carbocycles. The zero-order valence-electron chi connectivity index (χ0n) is 11.6. The summed E-state index contributed by atoms with van der Waals surface area (Å²) in [6, 6.07) is 3.86. The van der Waals surface area contributed by atoms with Crippen molar-refractivity contribution in [3.8, 4) is 0 Å². The van der Waals surface area contributed by atoms with Crippen molar-refractivity contribution in [2.75, 3.05) is 5.32 Å². The summed E-state index contributed by atoms with van der Waals surface area (Å²) in [4.78, 5) is 11.8. The van der Waals surface area contributed by atoms with Crippen LogP contribution in [0.1, 0.15) is 26.3 Å². The van der Waals surface area contributed by atoms with Crippen LogP contribution in [-0.4, -0.2) is 15.7 Å². The van der Waals surface area contributed by atoms with Crippen molar-refractivity contribution in [2.24, 2.45) is 13.0 Å². The van der Waals surface area contributed by atoms with Gasteiger partial charge in [0, 0.05) is 13.0 Å². The summed E-state index contributed by atoms with van der Waals surface area (Å²) in [5.74, 6) is 0.389. The van der Waals surface area contributed by atoms with Gasteiger partial charge in [0.2, 0.25) is 5.91 Å². The highest BCUT2D eigenvalue weighted by Gasteiger charge is 2.17. The minimum Gasteiger partial charge on any atom is -0.308 e. The Balaban J connectivity index is 2.61. The van der Waals surface area contributed by atoms with Gasteiger partial charge in [-0.3, -0.25) is 9.48 Å². The van der Waals surface area contributed by atoms with Crippen LogP contribution in [0.15, 0.2) is 12.1 Å². The predicted octanol–water partition coefficient (Wildman–Crippen LogP) is 3.38. The number of halogens is 1. The fourth-order valence-electron chi connectivity index (χ4n) is 2.09. The summed E-state index contributed by atoms with van der Waals surface area (Å²) in [6.07, 6.45) is 0.894. The first-order valence-corrected chi connectivity index (χ1v) is 6.78. The Morgan fingerprint density at radius 3 is 2.74 bits per heavy atom. The van der Waals surface area contributed by atoms with E-state index >= 15 is 0 Å². The Morgan fingerprint density at radius 1 is 1.47 bits per heavy atom. The zero-order valence-corrected chi connectivity index (χ0v) is 12.4. The molecule has 1 heterocycles. The van der Waals surface area contributed by atoms with Crippen molar-refractivity contribution in [3.05, 3.63) is 22.7 Å². The summed E-state index contributed by atoms with van der Waals surface area (Å²) in [5, 5.41) is 8.65. The van der Waals surface area contributed by atoms with Gasteiger partial charge < -0.3 is 5.32 Å². The van der Waals surface area contributed by atoms with Crippen LogP contribution in [-0.2, 0) is 18.3 Å². The molecule has 1 aromatic heterocycles. The van der Waals surface area contributed by atoms with Crippen LogP contribution in [0.25, 0.3) is 10.9 Å². The van der Waals surface area contributed by atoms with Gasteiger partial charge in [0.15, 0.2) is 5.82 Å². The van der Waals surface area contributed by atoms with Gasteiger partial charge in [-0.15, -0.1) is 0 Å². The Kier molecular flexibility index (Phi) is 3.80. The van der Waals surface area contributed by atoms with Crippen molar-refractivity contribution in [1.29, 1.82) is 0 Å². The second kappa shape index (κ2) is 5.21. The maximum Gasteiger partial charge on any atom is 0.228 e. The SMILES string of the molecule is CCc1ccc(Cl)c2c(NC(=O)C(C)C)nn(C)c12. The van der Waals surface area contributed by atoms with E-state index in [4.69, 9.17) is 11.6 Å². The summed E-state index contributed by atoms with van der Waals surface area (Å²) >= 11 is 6.26. The largest absolute Gasteiger partial charge is 0.308 e. The van der Waals surface area contributed by atoms with Gasteiger partial charge in [0.1, 0.15) is 0 Å². The van der Waals surface area contributed by atoms with Gasteiger partial charge in [-0.1, -0.05) is 38.4 Å².